The summed E-state index contributed by atoms with van der Waals surface area (Å²) >= 11 is 1.58. The molecule has 9 heteroatoms. The Morgan fingerprint density at radius 1 is 1.25 bits per heavy atom. The van der Waals surface area contributed by atoms with E-state index in [0.29, 0.717) is 35.0 Å². The number of rotatable bonds is 6. The number of aromatic nitrogens is 5. The van der Waals surface area contributed by atoms with Crippen molar-refractivity contribution in [3.63, 3.8) is 0 Å². The molecule has 0 saturated carbocycles. The van der Waals surface area contributed by atoms with Crippen molar-refractivity contribution in [2.24, 2.45) is 0 Å². The molecule has 4 rings (SSSR count). The predicted octanol–water partition coefficient (Wildman–Crippen LogP) is 3.67. The summed E-state index contributed by atoms with van der Waals surface area (Å²) in [6.45, 7) is 3.95. The highest BCUT2D eigenvalue weighted by Crippen LogP contribution is 2.25. The molecule has 0 aliphatic carbocycles. The first-order valence-corrected chi connectivity index (χ1v) is 9.55. The van der Waals surface area contributed by atoms with Crippen molar-refractivity contribution in [1.29, 1.82) is 0 Å². The standard InChI is InChI=1S/C19H17N5O3S/c1-12(2)26-19(25)14-6-3-5-13(9-14)18-20-23-24(21-18)11-15-10-16(27-22-15)17-7-4-8-28-17/h3-10,12H,11H2,1-2H3. The molecule has 1 aromatic carbocycles. The van der Waals surface area contributed by atoms with Crippen molar-refractivity contribution < 1.29 is 14.1 Å². The van der Waals surface area contributed by atoms with Gasteiger partial charge in [0.2, 0.25) is 5.82 Å². The molecule has 142 valence electrons. The Balaban J connectivity index is 1.50. The molecule has 0 radical (unpaired) electrons. The number of hydrogen-bond donors (Lipinski definition) is 0. The lowest BCUT2D eigenvalue weighted by Gasteiger charge is -2.08. The van der Waals surface area contributed by atoms with E-state index >= 15 is 0 Å². The van der Waals surface area contributed by atoms with Crippen molar-refractivity contribution in [2.45, 2.75) is 26.5 Å². The highest BCUT2D eigenvalue weighted by atomic mass is 32.1. The van der Waals surface area contributed by atoms with Gasteiger partial charge < -0.3 is 9.26 Å². The lowest BCUT2D eigenvalue weighted by molar-refractivity contribution is 0.0378. The fourth-order valence-electron chi connectivity index (χ4n) is 2.56. The number of hydrogen-bond acceptors (Lipinski definition) is 8. The fraction of sp³-hybridized carbons (Fsp3) is 0.211. The van der Waals surface area contributed by atoms with Gasteiger partial charge in [0.25, 0.3) is 0 Å². The van der Waals surface area contributed by atoms with Gasteiger partial charge in [-0.25, -0.2) is 4.79 Å². The Morgan fingerprint density at radius 3 is 2.93 bits per heavy atom. The topological polar surface area (TPSA) is 95.9 Å². The summed E-state index contributed by atoms with van der Waals surface area (Å²) in [5.74, 6) is 0.746. The van der Waals surface area contributed by atoms with E-state index in [4.69, 9.17) is 9.26 Å². The highest BCUT2D eigenvalue weighted by molar-refractivity contribution is 7.13. The van der Waals surface area contributed by atoms with E-state index in [9.17, 15) is 4.79 Å². The monoisotopic (exact) mass is 395 g/mol. The molecule has 3 aromatic heterocycles. The first kappa shape index (κ1) is 18.1. The van der Waals surface area contributed by atoms with Crippen LogP contribution in [0.5, 0.6) is 0 Å². The maximum atomic E-state index is 12.1. The van der Waals surface area contributed by atoms with Crippen LogP contribution in [0, 0.1) is 0 Å². The average molecular weight is 395 g/mol. The van der Waals surface area contributed by atoms with E-state index in [1.54, 1.807) is 29.5 Å². The Bertz CT molecular complexity index is 1080. The molecule has 0 saturated heterocycles. The molecular weight excluding hydrogens is 378 g/mol. The highest BCUT2D eigenvalue weighted by Gasteiger charge is 2.14. The minimum absolute atomic E-state index is 0.184. The Labute approximate surface area is 164 Å². The van der Waals surface area contributed by atoms with Crippen LogP contribution in [0.2, 0.25) is 0 Å². The zero-order valence-electron chi connectivity index (χ0n) is 15.3. The van der Waals surface area contributed by atoms with Gasteiger partial charge in [-0.05, 0) is 42.6 Å². The number of benzene rings is 1. The molecule has 0 amide bonds. The van der Waals surface area contributed by atoms with Crippen LogP contribution in [0.3, 0.4) is 0 Å². The van der Waals surface area contributed by atoms with Gasteiger partial charge in [0, 0.05) is 11.6 Å². The molecule has 0 unspecified atom stereocenters. The number of ether oxygens (including phenoxy) is 1. The van der Waals surface area contributed by atoms with E-state index < -0.39 is 0 Å². The quantitative estimate of drug-likeness (QED) is 0.460. The summed E-state index contributed by atoms with van der Waals surface area (Å²) in [6.07, 6.45) is -0.184. The number of thiophene rings is 1. The van der Waals surface area contributed by atoms with Crippen molar-refractivity contribution >= 4 is 17.3 Å². The Hall–Kier alpha value is -3.33. The summed E-state index contributed by atoms with van der Waals surface area (Å²) in [7, 11) is 0. The van der Waals surface area contributed by atoms with E-state index in [2.05, 4.69) is 20.6 Å². The van der Waals surface area contributed by atoms with Gasteiger partial charge in [-0.3, -0.25) is 0 Å². The predicted molar refractivity (Wildman–Crippen MR) is 103 cm³/mol. The second-order valence-corrected chi connectivity index (χ2v) is 7.29. The number of carbonyl (C=O) groups excluding carboxylic acids is 1. The van der Waals surface area contributed by atoms with Crippen LogP contribution in [0.15, 0.2) is 52.4 Å². The molecule has 0 N–H and O–H groups in total. The van der Waals surface area contributed by atoms with Crippen LogP contribution in [0.1, 0.15) is 29.9 Å². The maximum absolute atomic E-state index is 12.1. The molecular formula is C19H17N5O3S. The van der Waals surface area contributed by atoms with Gasteiger partial charge in [-0.15, -0.1) is 21.5 Å². The number of nitrogens with zero attached hydrogens (tertiary/aromatic N) is 5. The third-order valence-corrected chi connectivity index (χ3v) is 4.66. The van der Waals surface area contributed by atoms with Crippen LogP contribution in [-0.4, -0.2) is 37.4 Å². The van der Waals surface area contributed by atoms with E-state index in [0.717, 1.165) is 4.88 Å². The molecule has 28 heavy (non-hydrogen) atoms. The normalized spacial score (nSPS) is 11.1. The molecule has 0 atom stereocenters. The molecule has 0 fully saturated rings. The van der Waals surface area contributed by atoms with Gasteiger partial charge in [-0.1, -0.05) is 23.4 Å². The second-order valence-electron chi connectivity index (χ2n) is 6.34. The van der Waals surface area contributed by atoms with Gasteiger partial charge in [0.1, 0.15) is 12.2 Å². The minimum atomic E-state index is -0.382. The molecule has 0 aliphatic heterocycles. The van der Waals surface area contributed by atoms with Gasteiger partial charge in [-0.2, -0.15) is 4.80 Å². The van der Waals surface area contributed by atoms with Crippen LogP contribution < -0.4 is 0 Å². The summed E-state index contributed by atoms with van der Waals surface area (Å²) in [6, 6.07) is 12.8. The van der Waals surface area contributed by atoms with E-state index in [1.807, 2.05) is 43.5 Å². The zero-order chi connectivity index (χ0) is 19.5. The molecule has 8 nitrogen and oxygen atoms in total. The molecule has 4 aromatic rings. The van der Waals surface area contributed by atoms with Gasteiger partial charge in [0.15, 0.2) is 5.76 Å². The molecule has 3 heterocycles. The third kappa shape index (κ3) is 3.99. The van der Waals surface area contributed by atoms with E-state index in [-0.39, 0.29) is 12.1 Å². The lowest BCUT2D eigenvalue weighted by Crippen LogP contribution is -2.11. The molecule has 0 bridgehead atoms. The molecule has 0 spiro atoms. The maximum Gasteiger partial charge on any atom is 0.338 e. The Kier molecular flexibility index (Phi) is 4.98. The van der Waals surface area contributed by atoms with Gasteiger partial charge in [0.05, 0.1) is 16.5 Å². The first-order chi connectivity index (χ1) is 13.6. The number of esters is 1. The summed E-state index contributed by atoms with van der Waals surface area (Å²) in [5.41, 5.74) is 1.82. The Morgan fingerprint density at radius 2 is 2.14 bits per heavy atom. The average Bonchev–Trinajstić information content (AvgIpc) is 3.43. The SMILES string of the molecule is CC(C)OC(=O)c1cccc(-c2nnn(Cc3cc(-c4cccs4)on3)n2)c1. The smallest absolute Gasteiger partial charge is 0.338 e. The van der Waals surface area contributed by atoms with Crippen LogP contribution in [0.25, 0.3) is 22.0 Å². The van der Waals surface area contributed by atoms with Crippen molar-refractivity contribution in [3.8, 4) is 22.0 Å². The van der Waals surface area contributed by atoms with Crippen molar-refractivity contribution in [3.05, 3.63) is 59.1 Å². The summed E-state index contributed by atoms with van der Waals surface area (Å²) in [4.78, 5) is 14.5. The first-order valence-electron chi connectivity index (χ1n) is 8.67. The fourth-order valence-corrected chi connectivity index (χ4v) is 3.23. The van der Waals surface area contributed by atoms with Crippen molar-refractivity contribution in [1.82, 2.24) is 25.4 Å². The second kappa shape index (κ2) is 7.73. The van der Waals surface area contributed by atoms with Crippen molar-refractivity contribution in [2.75, 3.05) is 0 Å². The third-order valence-electron chi connectivity index (χ3n) is 3.78. The van der Waals surface area contributed by atoms with Crippen LogP contribution in [-0.2, 0) is 11.3 Å². The van der Waals surface area contributed by atoms with E-state index in [1.165, 1.54) is 4.80 Å². The lowest BCUT2D eigenvalue weighted by atomic mass is 10.1. The van der Waals surface area contributed by atoms with Gasteiger partial charge >= 0.3 is 5.97 Å². The summed E-state index contributed by atoms with van der Waals surface area (Å²) < 4.78 is 10.6. The largest absolute Gasteiger partial charge is 0.459 e. The summed E-state index contributed by atoms with van der Waals surface area (Å²) in [5, 5.41) is 18.5. The van der Waals surface area contributed by atoms with Crippen LogP contribution >= 0.6 is 11.3 Å². The number of tetrazole rings is 1. The van der Waals surface area contributed by atoms with Crippen LogP contribution in [0.4, 0.5) is 0 Å². The zero-order valence-corrected chi connectivity index (χ0v) is 16.1. The minimum Gasteiger partial charge on any atom is -0.459 e. The number of carbonyl (C=O) groups is 1. The molecule has 0 aliphatic rings.